The quantitative estimate of drug-likeness (QED) is 0.908. The summed E-state index contributed by atoms with van der Waals surface area (Å²) in [7, 11) is 0. The SMILES string of the molecule is O=C(O)c1cc(Br)ccc1Oc1ncc(Cl)cc1F. The molecule has 0 atom stereocenters. The van der Waals surface area contributed by atoms with Crippen molar-refractivity contribution < 1.29 is 19.0 Å². The van der Waals surface area contributed by atoms with Crippen LogP contribution in [0.15, 0.2) is 34.9 Å². The maximum absolute atomic E-state index is 13.5. The standard InChI is InChI=1S/C12H6BrClFNO3/c13-6-1-2-10(8(3-6)12(17)18)19-11-9(15)4-7(14)5-16-11/h1-5H,(H,17,18). The van der Waals surface area contributed by atoms with Gasteiger partial charge in [-0.1, -0.05) is 27.5 Å². The van der Waals surface area contributed by atoms with Crippen LogP contribution in [0.25, 0.3) is 0 Å². The van der Waals surface area contributed by atoms with Gasteiger partial charge in [0, 0.05) is 10.7 Å². The first-order chi connectivity index (χ1) is 8.97. The summed E-state index contributed by atoms with van der Waals surface area (Å²) in [6.45, 7) is 0. The van der Waals surface area contributed by atoms with E-state index in [1.54, 1.807) is 6.07 Å². The number of ether oxygens (including phenoxy) is 1. The summed E-state index contributed by atoms with van der Waals surface area (Å²) in [6, 6.07) is 5.37. The summed E-state index contributed by atoms with van der Waals surface area (Å²) in [5, 5.41) is 9.17. The van der Waals surface area contributed by atoms with Crippen LogP contribution in [0.2, 0.25) is 5.02 Å². The fraction of sp³-hybridized carbons (Fsp3) is 0. The highest BCUT2D eigenvalue weighted by Gasteiger charge is 2.15. The lowest BCUT2D eigenvalue weighted by molar-refractivity contribution is 0.0694. The minimum atomic E-state index is -1.19. The minimum absolute atomic E-state index is 0.00979. The van der Waals surface area contributed by atoms with Gasteiger partial charge >= 0.3 is 5.97 Å². The number of aromatic nitrogens is 1. The van der Waals surface area contributed by atoms with Crippen molar-refractivity contribution >= 4 is 33.5 Å². The summed E-state index contributed by atoms with van der Waals surface area (Å²) >= 11 is 8.71. The largest absolute Gasteiger partial charge is 0.478 e. The Morgan fingerprint density at radius 2 is 2.16 bits per heavy atom. The van der Waals surface area contributed by atoms with Crippen molar-refractivity contribution in [2.24, 2.45) is 0 Å². The first-order valence-electron chi connectivity index (χ1n) is 4.99. The van der Waals surface area contributed by atoms with Gasteiger partial charge in [0.25, 0.3) is 5.88 Å². The Balaban J connectivity index is 2.40. The van der Waals surface area contributed by atoms with Crippen LogP contribution >= 0.6 is 27.5 Å². The van der Waals surface area contributed by atoms with Crippen LogP contribution in [0.5, 0.6) is 11.6 Å². The second-order valence-electron chi connectivity index (χ2n) is 3.49. The predicted molar refractivity (Wildman–Crippen MR) is 70.4 cm³/mol. The van der Waals surface area contributed by atoms with E-state index in [1.165, 1.54) is 18.3 Å². The molecule has 0 saturated carbocycles. The fourth-order valence-electron chi connectivity index (χ4n) is 1.34. The van der Waals surface area contributed by atoms with Crippen LogP contribution in [0.4, 0.5) is 4.39 Å². The van der Waals surface area contributed by atoms with Crippen molar-refractivity contribution in [3.63, 3.8) is 0 Å². The first kappa shape index (κ1) is 13.8. The number of halogens is 3. The zero-order chi connectivity index (χ0) is 14.0. The molecule has 0 spiro atoms. The molecule has 1 N–H and O–H groups in total. The number of hydrogen-bond donors (Lipinski definition) is 1. The average molecular weight is 347 g/mol. The second-order valence-corrected chi connectivity index (χ2v) is 4.84. The van der Waals surface area contributed by atoms with Gasteiger partial charge in [0.15, 0.2) is 5.82 Å². The van der Waals surface area contributed by atoms with E-state index in [2.05, 4.69) is 20.9 Å². The Morgan fingerprint density at radius 1 is 1.42 bits per heavy atom. The monoisotopic (exact) mass is 345 g/mol. The minimum Gasteiger partial charge on any atom is -0.478 e. The molecule has 1 aromatic carbocycles. The van der Waals surface area contributed by atoms with Gasteiger partial charge in [-0.2, -0.15) is 0 Å². The van der Waals surface area contributed by atoms with Gasteiger partial charge in [-0.25, -0.2) is 14.2 Å². The molecule has 2 rings (SSSR count). The number of benzene rings is 1. The number of carboxylic acid groups (broad SMARTS) is 1. The average Bonchev–Trinajstić information content (AvgIpc) is 2.34. The van der Waals surface area contributed by atoms with Gasteiger partial charge in [0.05, 0.1) is 5.02 Å². The number of rotatable bonds is 3. The lowest BCUT2D eigenvalue weighted by Crippen LogP contribution is -2.01. The Hall–Kier alpha value is -1.66. The van der Waals surface area contributed by atoms with Gasteiger partial charge < -0.3 is 9.84 Å². The van der Waals surface area contributed by atoms with E-state index < -0.39 is 11.8 Å². The van der Waals surface area contributed by atoms with Crippen LogP contribution in [0, 0.1) is 5.82 Å². The van der Waals surface area contributed by atoms with Crippen molar-refractivity contribution in [3.8, 4) is 11.6 Å². The molecule has 0 unspecified atom stereocenters. The lowest BCUT2D eigenvalue weighted by Gasteiger charge is -2.08. The van der Waals surface area contributed by atoms with Gasteiger partial charge in [-0.3, -0.25) is 0 Å². The van der Waals surface area contributed by atoms with E-state index in [0.29, 0.717) is 4.47 Å². The van der Waals surface area contributed by atoms with Crippen LogP contribution in [-0.2, 0) is 0 Å². The molecule has 1 aromatic heterocycles. The molecule has 0 saturated heterocycles. The highest BCUT2D eigenvalue weighted by molar-refractivity contribution is 9.10. The molecule has 19 heavy (non-hydrogen) atoms. The molecular formula is C12H6BrClFNO3. The number of aromatic carboxylic acids is 1. The zero-order valence-electron chi connectivity index (χ0n) is 9.23. The number of hydrogen-bond acceptors (Lipinski definition) is 3. The van der Waals surface area contributed by atoms with E-state index >= 15 is 0 Å². The number of carbonyl (C=O) groups is 1. The molecule has 0 aliphatic rings. The fourth-order valence-corrected chi connectivity index (χ4v) is 1.85. The highest BCUT2D eigenvalue weighted by Crippen LogP contribution is 2.29. The summed E-state index contributed by atoms with van der Waals surface area (Å²) < 4.78 is 19.3. The smallest absolute Gasteiger partial charge is 0.339 e. The third kappa shape index (κ3) is 3.21. The summed E-state index contributed by atoms with van der Waals surface area (Å²) in [5.41, 5.74) is -0.106. The Labute approximate surface area is 120 Å². The van der Waals surface area contributed by atoms with Crippen molar-refractivity contribution in [1.82, 2.24) is 4.98 Å². The molecule has 0 amide bonds. The van der Waals surface area contributed by atoms with Crippen LogP contribution < -0.4 is 4.74 Å². The zero-order valence-corrected chi connectivity index (χ0v) is 11.6. The predicted octanol–water partition coefficient (Wildman–Crippen LogP) is 4.13. The lowest BCUT2D eigenvalue weighted by atomic mass is 10.2. The highest BCUT2D eigenvalue weighted by atomic mass is 79.9. The van der Waals surface area contributed by atoms with Gasteiger partial charge in [0.2, 0.25) is 0 Å². The number of nitrogens with zero attached hydrogens (tertiary/aromatic N) is 1. The number of carboxylic acids is 1. The molecule has 0 radical (unpaired) electrons. The number of pyridine rings is 1. The van der Waals surface area contributed by atoms with E-state index in [4.69, 9.17) is 21.4 Å². The van der Waals surface area contributed by atoms with E-state index in [0.717, 1.165) is 6.07 Å². The van der Waals surface area contributed by atoms with Crippen molar-refractivity contribution in [2.45, 2.75) is 0 Å². The second kappa shape index (κ2) is 5.54. The molecule has 98 valence electrons. The molecular weight excluding hydrogens is 340 g/mol. The summed E-state index contributed by atoms with van der Waals surface area (Å²) in [4.78, 5) is 14.7. The molecule has 0 fully saturated rings. The van der Waals surface area contributed by atoms with Crippen LogP contribution in [0.3, 0.4) is 0 Å². The molecule has 7 heteroatoms. The van der Waals surface area contributed by atoms with Crippen LogP contribution in [-0.4, -0.2) is 16.1 Å². The van der Waals surface area contributed by atoms with Crippen molar-refractivity contribution in [3.05, 3.63) is 51.3 Å². The molecule has 2 aromatic rings. The van der Waals surface area contributed by atoms with Gasteiger partial charge in [0.1, 0.15) is 11.3 Å². The summed E-state index contributed by atoms with van der Waals surface area (Å²) in [6.07, 6.45) is 1.21. The molecule has 4 nitrogen and oxygen atoms in total. The third-order valence-corrected chi connectivity index (χ3v) is 2.85. The van der Waals surface area contributed by atoms with Crippen molar-refractivity contribution in [2.75, 3.05) is 0 Å². The van der Waals surface area contributed by atoms with Crippen molar-refractivity contribution in [1.29, 1.82) is 0 Å². The maximum Gasteiger partial charge on any atom is 0.339 e. The topological polar surface area (TPSA) is 59.4 Å². The Kier molecular flexibility index (Phi) is 4.01. The molecule has 0 bridgehead atoms. The van der Waals surface area contributed by atoms with Gasteiger partial charge in [-0.05, 0) is 24.3 Å². The molecule has 0 aliphatic heterocycles. The van der Waals surface area contributed by atoms with Crippen LogP contribution in [0.1, 0.15) is 10.4 Å². The Morgan fingerprint density at radius 3 is 2.79 bits per heavy atom. The first-order valence-corrected chi connectivity index (χ1v) is 6.16. The third-order valence-electron chi connectivity index (χ3n) is 2.15. The summed E-state index contributed by atoms with van der Waals surface area (Å²) in [5.74, 6) is -2.31. The van der Waals surface area contributed by atoms with E-state index in [1.807, 2.05) is 0 Å². The van der Waals surface area contributed by atoms with Gasteiger partial charge in [-0.15, -0.1) is 0 Å². The maximum atomic E-state index is 13.5. The van der Waals surface area contributed by atoms with E-state index in [9.17, 15) is 9.18 Å². The Bertz CT molecular complexity index is 651. The normalized spacial score (nSPS) is 10.3. The van der Waals surface area contributed by atoms with E-state index in [-0.39, 0.29) is 22.2 Å². The molecule has 1 heterocycles. The molecule has 0 aliphatic carbocycles.